The fraction of sp³-hybridized carbons (Fsp3) is 0.278. The van der Waals surface area contributed by atoms with Gasteiger partial charge in [0.25, 0.3) is 0 Å². The number of nitrogens with zero attached hydrogens (tertiary/aromatic N) is 1. The van der Waals surface area contributed by atoms with E-state index in [0.29, 0.717) is 6.54 Å². The average Bonchev–Trinajstić information content (AvgIpc) is 3.10. The van der Waals surface area contributed by atoms with Crippen molar-refractivity contribution in [1.29, 1.82) is 0 Å². The molecule has 3 rings (SSSR count). The highest BCUT2D eigenvalue weighted by molar-refractivity contribution is 7.99. The zero-order valence-corrected chi connectivity index (χ0v) is 14.7. The van der Waals surface area contributed by atoms with Gasteiger partial charge in [0, 0.05) is 25.2 Å². The second kappa shape index (κ2) is 8.39. The van der Waals surface area contributed by atoms with E-state index in [0.717, 1.165) is 11.6 Å². The van der Waals surface area contributed by atoms with Gasteiger partial charge in [-0.15, -0.1) is 24.2 Å². The fourth-order valence-corrected chi connectivity index (χ4v) is 3.64. The van der Waals surface area contributed by atoms with Gasteiger partial charge in [0.15, 0.2) is 0 Å². The summed E-state index contributed by atoms with van der Waals surface area (Å²) >= 11 is 1.78. The maximum Gasteiger partial charge on any atom is 0.240 e. The third-order valence-electron chi connectivity index (χ3n) is 3.90. The van der Waals surface area contributed by atoms with Crippen LogP contribution in [0.25, 0.3) is 11.1 Å². The van der Waals surface area contributed by atoms with Crippen molar-refractivity contribution in [2.24, 2.45) is 0 Å². The molecule has 0 aliphatic carbocycles. The lowest BCUT2D eigenvalue weighted by atomic mass is 9.99. The van der Waals surface area contributed by atoms with Crippen LogP contribution < -0.4 is 5.32 Å². The molecule has 1 aliphatic heterocycles. The van der Waals surface area contributed by atoms with Crippen molar-refractivity contribution in [2.75, 3.05) is 18.7 Å². The number of likely N-dealkylation sites (N-methyl/N-ethyl adjacent to an activating group) is 1. The molecular formula is C18H21ClN2OS. The summed E-state index contributed by atoms with van der Waals surface area (Å²) in [6, 6.07) is 18.6. The zero-order chi connectivity index (χ0) is 15.4. The molecular weight excluding hydrogens is 328 g/mol. The first-order valence-electron chi connectivity index (χ1n) is 7.45. The molecule has 2 aromatic carbocycles. The van der Waals surface area contributed by atoms with Crippen LogP contribution in [0.1, 0.15) is 5.56 Å². The number of benzene rings is 2. The maximum absolute atomic E-state index is 12.4. The number of rotatable bonds is 4. The Labute approximate surface area is 147 Å². The highest BCUT2D eigenvalue weighted by Gasteiger charge is 2.25. The number of nitrogens with one attached hydrogen (secondary N) is 1. The smallest absolute Gasteiger partial charge is 0.240 e. The summed E-state index contributed by atoms with van der Waals surface area (Å²) in [4.78, 5) is 14.3. The van der Waals surface area contributed by atoms with E-state index in [9.17, 15) is 4.79 Å². The standard InChI is InChI=1S/C18H20N2OS.ClH/c1-20(18(21)17-12-22-13-19-17)11-15-9-5-6-10-16(15)14-7-3-2-4-8-14;/h2-10,17,19H,11-13H2,1H3;1H. The highest BCUT2D eigenvalue weighted by atomic mass is 35.5. The maximum atomic E-state index is 12.4. The fourth-order valence-electron chi connectivity index (χ4n) is 2.71. The normalized spacial score (nSPS) is 16.7. The average molecular weight is 349 g/mol. The van der Waals surface area contributed by atoms with E-state index in [1.165, 1.54) is 16.7 Å². The molecule has 3 nitrogen and oxygen atoms in total. The quantitative estimate of drug-likeness (QED) is 0.919. The van der Waals surface area contributed by atoms with Crippen molar-refractivity contribution in [2.45, 2.75) is 12.6 Å². The van der Waals surface area contributed by atoms with Crippen LogP contribution in [-0.4, -0.2) is 35.5 Å². The summed E-state index contributed by atoms with van der Waals surface area (Å²) < 4.78 is 0. The zero-order valence-electron chi connectivity index (χ0n) is 13.1. The summed E-state index contributed by atoms with van der Waals surface area (Å²) in [5, 5.41) is 3.24. The van der Waals surface area contributed by atoms with E-state index in [2.05, 4.69) is 29.6 Å². The number of amides is 1. The molecule has 0 saturated carbocycles. The molecule has 1 saturated heterocycles. The first-order chi connectivity index (χ1) is 10.8. The van der Waals surface area contributed by atoms with Crippen LogP contribution in [-0.2, 0) is 11.3 Å². The van der Waals surface area contributed by atoms with Crippen molar-refractivity contribution < 1.29 is 4.79 Å². The minimum Gasteiger partial charge on any atom is -0.340 e. The second-order valence-electron chi connectivity index (χ2n) is 5.49. The Bertz CT molecular complexity index is 644. The predicted octanol–water partition coefficient (Wildman–Crippen LogP) is 3.40. The molecule has 1 fully saturated rings. The predicted molar refractivity (Wildman–Crippen MR) is 99.8 cm³/mol. The molecule has 23 heavy (non-hydrogen) atoms. The lowest BCUT2D eigenvalue weighted by molar-refractivity contribution is -0.131. The van der Waals surface area contributed by atoms with Crippen LogP contribution >= 0.6 is 24.2 Å². The van der Waals surface area contributed by atoms with E-state index in [1.807, 2.05) is 42.3 Å². The molecule has 1 N–H and O–H groups in total. The molecule has 0 radical (unpaired) electrons. The van der Waals surface area contributed by atoms with E-state index in [4.69, 9.17) is 0 Å². The van der Waals surface area contributed by atoms with Crippen molar-refractivity contribution in [3.8, 4) is 11.1 Å². The van der Waals surface area contributed by atoms with Crippen LogP contribution in [0.5, 0.6) is 0 Å². The lowest BCUT2D eigenvalue weighted by Crippen LogP contribution is -2.42. The Hall–Kier alpha value is -1.49. The van der Waals surface area contributed by atoms with Gasteiger partial charge < -0.3 is 4.90 Å². The first kappa shape index (κ1) is 17.9. The van der Waals surface area contributed by atoms with Gasteiger partial charge >= 0.3 is 0 Å². The molecule has 1 unspecified atom stereocenters. The third kappa shape index (κ3) is 4.28. The van der Waals surface area contributed by atoms with E-state index >= 15 is 0 Å². The van der Waals surface area contributed by atoms with Crippen LogP contribution in [0.4, 0.5) is 0 Å². The Morgan fingerprint density at radius 2 is 1.87 bits per heavy atom. The van der Waals surface area contributed by atoms with E-state index < -0.39 is 0 Å². The Kier molecular flexibility index (Phi) is 6.51. The van der Waals surface area contributed by atoms with Crippen LogP contribution in [0.3, 0.4) is 0 Å². The molecule has 5 heteroatoms. The molecule has 0 spiro atoms. The van der Waals surface area contributed by atoms with Gasteiger partial charge in [0.2, 0.25) is 5.91 Å². The summed E-state index contributed by atoms with van der Waals surface area (Å²) in [6.45, 7) is 0.632. The first-order valence-corrected chi connectivity index (χ1v) is 8.60. The molecule has 122 valence electrons. The summed E-state index contributed by atoms with van der Waals surface area (Å²) in [5.41, 5.74) is 3.56. The molecule has 1 heterocycles. The van der Waals surface area contributed by atoms with Gasteiger partial charge in [-0.05, 0) is 16.7 Å². The Balaban J connectivity index is 0.00000192. The van der Waals surface area contributed by atoms with Gasteiger partial charge in [-0.1, -0.05) is 54.6 Å². The van der Waals surface area contributed by atoms with Crippen LogP contribution in [0.15, 0.2) is 54.6 Å². The molecule has 0 bridgehead atoms. The van der Waals surface area contributed by atoms with Crippen LogP contribution in [0.2, 0.25) is 0 Å². The summed E-state index contributed by atoms with van der Waals surface area (Å²) in [6.07, 6.45) is 0. The molecule has 1 aliphatic rings. The van der Waals surface area contributed by atoms with Crippen molar-refractivity contribution >= 4 is 30.1 Å². The van der Waals surface area contributed by atoms with E-state index in [1.54, 1.807) is 11.8 Å². The molecule has 2 aromatic rings. The van der Waals surface area contributed by atoms with Gasteiger partial charge in [0.05, 0.1) is 6.04 Å². The molecule has 1 amide bonds. The number of carbonyl (C=O) groups excluding carboxylic acids is 1. The number of hydrogen-bond acceptors (Lipinski definition) is 3. The third-order valence-corrected chi connectivity index (χ3v) is 4.84. The minimum absolute atomic E-state index is 0. The number of hydrogen-bond donors (Lipinski definition) is 1. The minimum atomic E-state index is -0.0427. The van der Waals surface area contributed by atoms with Gasteiger partial charge in [-0.3, -0.25) is 10.1 Å². The number of thioether (sulfide) groups is 1. The largest absolute Gasteiger partial charge is 0.340 e. The van der Waals surface area contributed by atoms with E-state index in [-0.39, 0.29) is 24.4 Å². The van der Waals surface area contributed by atoms with Crippen molar-refractivity contribution in [3.63, 3.8) is 0 Å². The second-order valence-corrected chi connectivity index (χ2v) is 6.52. The van der Waals surface area contributed by atoms with Gasteiger partial charge in [0.1, 0.15) is 0 Å². The van der Waals surface area contributed by atoms with Crippen molar-refractivity contribution in [3.05, 3.63) is 60.2 Å². The van der Waals surface area contributed by atoms with Crippen molar-refractivity contribution in [1.82, 2.24) is 10.2 Å². The summed E-state index contributed by atoms with van der Waals surface area (Å²) in [5.74, 6) is 1.90. The number of halogens is 1. The molecule has 1 atom stereocenters. The van der Waals surface area contributed by atoms with Crippen LogP contribution in [0, 0.1) is 0 Å². The van der Waals surface area contributed by atoms with Gasteiger partial charge in [-0.2, -0.15) is 0 Å². The number of carbonyl (C=O) groups is 1. The SMILES string of the molecule is CN(Cc1ccccc1-c1ccccc1)C(=O)C1CSCN1.Cl. The molecule has 0 aromatic heterocycles. The Morgan fingerprint density at radius 3 is 2.57 bits per heavy atom. The monoisotopic (exact) mass is 348 g/mol. The topological polar surface area (TPSA) is 32.3 Å². The van der Waals surface area contributed by atoms with Gasteiger partial charge in [-0.25, -0.2) is 0 Å². The highest BCUT2D eigenvalue weighted by Crippen LogP contribution is 2.24. The Morgan fingerprint density at radius 1 is 1.17 bits per heavy atom. The lowest BCUT2D eigenvalue weighted by Gasteiger charge is -2.22. The summed E-state index contributed by atoms with van der Waals surface area (Å²) in [7, 11) is 1.88.